The van der Waals surface area contributed by atoms with Crippen molar-refractivity contribution in [2.24, 2.45) is 0 Å². The number of rotatable bonds is 4. The van der Waals surface area contributed by atoms with Crippen molar-refractivity contribution in [3.63, 3.8) is 0 Å². The zero-order valence-corrected chi connectivity index (χ0v) is 9.27. The van der Waals surface area contributed by atoms with Gasteiger partial charge in [-0.25, -0.2) is 4.39 Å². The lowest BCUT2D eigenvalue weighted by molar-refractivity contribution is 0.624. The Balaban J connectivity index is 2.47. The highest BCUT2D eigenvalue weighted by molar-refractivity contribution is 9.10. The molecule has 1 N–H and O–H groups in total. The minimum Gasteiger partial charge on any atom is -0.312 e. The molecule has 0 saturated heterocycles. The van der Waals surface area contributed by atoms with Crippen LogP contribution in [-0.4, -0.2) is 6.54 Å². The molecule has 1 aromatic carbocycles. The Kier molecular flexibility index (Phi) is 4.64. The predicted molar refractivity (Wildman–Crippen MR) is 59.3 cm³/mol. The summed E-state index contributed by atoms with van der Waals surface area (Å²) in [6.07, 6.45) is 5.82. The van der Waals surface area contributed by atoms with E-state index in [0.29, 0.717) is 13.0 Å². The van der Waals surface area contributed by atoms with Gasteiger partial charge in [0.05, 0.1) is 0 Å². The summed E-state index contributed by atoms with van der Waals surface area (Å²) in [5.74, 6) is 2.31. The molecule has 1 nitrogen and oxygen atoms in total. The molecule has 74 valence electrons. The Labute approximate surface area is 91.8 Å². The summed E-state index contributed by atoms with van der Waals surface area (Å²) in [6.45, 7) is 1.48. The van der Waals surface area contributed by atoms with Crippen molar-refractivity contribution < 1.29 is 4.39 Å². The van der Waals surface area contributed by atoms with Gasteiger partial charge in [-0.3, -0.25) is 0 Å². The molecule has 0 fully saturated rings. The van der Waals surface area contributed by atoms with Gasteiger partial charge in [-0.15, -0.1) is 12.3 Å². The first-order chi connectivity index (χ1) is 6.74. The molecule has 0 unspecified atom stereocenters. The summed E-state index contributed by atoms with van der Waals surface area (Å²) < 4.78 is 13.5. The zero-order chi connectivity index (χ0) is 10.4. The molecule has 0 radical (unpaired) electrons. The van der Waals surface area contributed by atoms with Crippen LogP contribution in [0.4, 0.5) is 4.39 Å². The highest BCUT2D eigenvalue weighted by Crippen LogP contribution is 2.17. The highest BCUT2D eigenvalue weighted by Gasteiger charge is 2.00. The molecular formula is C11H11BrFN. The maximum Gasteiger partial charge on any atom is 0.124 e. The third-order valence-corrected chi connectivity index (χ3v) is 2.51. The first-order valence-electron chi connectivity index (χ1n) is 4.32. The SMILES string of the molecule is C#CCCNCc1ccc(F)cc1Br. The van der Waals surface area contributed by atoms with Gasteiger partial charge in [0.25, 0.3) is 0 Å². The summed E-state index contributed by atoms with van der Waals surface area (Å²) in [6, 6.07) is 4.66. The average molecular weight is 256 g/mol. The van der Waals surface area contributed by atoms with E-state index in [0.717, 1.165) is 16.6 Å². The second kappa shape index (κ2) is 5.79. The van der Waals surface area contributed by atoms with Gasteiger partial charge in [0.15, 0.2) is 0 Å². The van der Waals surface area contributed by atoms with E-state index in [9.17, 15) is 4.39 Å². The fraction of sp³-hybridized carbons (Fsp3) is 0.273. The van der Waals surface area contributed by atoms with E-state index < -0.39 is 0 Å². The molecule has 14 heavy (non-hydrogen) atoms. The molecule has 0 aliphatic rings. The minimum absolute atomic E-state index is 0.232. The van der Waals surface area contributed by atoms with Crippen molar-refractivity contribution >= 4 is 15.9 Å². The fourth-order valence-corrected chi connectivity index (χ4v) is 1.54. The van der Waals surface area contributed by atoms with Gasteiger partial charge in [0, 0.05) is 24.0 Å². The summed E-state index contributed by atoms with van der Waals surface area (Å²) in [5, 5.41) is 3.17. The molecule has 0 spiro atoms. The number of hydrogen-bond acceptors (Lipinski definition) is 1. The van der Waals surface area contributed by atoms with Gasteiger partial charge in [0.2, 0.25) is 0 Å². The van der Waals surface area contributed by atoms with E-state index in [-0.39, 0.29) is 5.82 Å². The van der Waals surface area contributed by atoms with Gasteiger partial charge >= 0.3 is 0 Å². The summed E-state index contributed by atoms with van der Waals surface area (Å²) >= 11 is 3.30. The molecule has 0 heterocycles. The lowest BCUT2D eigenvalue weighted by atomic mass is 10.2. The second-order valence-electron chi connectivity index (χ2n) is 2.87. The molecule has 0 saturated carbocycles. The first kappa shape index (κ1) is 11.2. The van der Waals surface area contributed by atoms with Crippen molar-refractivity contribution in [1.82, 2.24) is 5.32 Å². The van der Waals surface area contributed by atoms with Crippen molar-refractivity contribution in [3.8, 4) is 12.3 Å². The standard InChI is InChI=1S/C11H11BrFN/c1-2-3-6-14-8-9-4-5-10(13)7-11(9)12/h1,4-5,7,14H,3,6,8H2. The molecule has 0 aliphatic heterocycles. The zero-order valence-electron chi connectivity index (χ0n) is 7.69. The van der Waals surface area contributed by atoms with Gasteiger partial charge in [-0.1, -0.05) is 22.0 Å². The van der Waals surface area contributed by atoms with Crippen molar-refractivity contribution in [2.75, 3.05) is 6.54 Å². The molecule has 0 atom stereocenters. The largest absolute Gasteiger partial charge is 0.312 e. The smallest absolute Gasteiger partial charge is 0.124 e. The van der Waals surface area contributed by atoms with Gasteiger partial charge in [-0.2, -0.15) is 0 Å². The third-order valence-electron chi connectivity index (χ3n) is 1.78. The third kappa shape index (κ3) is 3.49. The lowest BCUT2D eigenvalue weighted by Crippen LogP contribution is -2.14. The topological polar surface area (TPSA) is 12.0 Å². The molecule has 0 aromatic heterocycles. The Morgan fingerprint density at radius 2 is 2.29 bits per heavy atom. The normalized spacial score (nSPS) is 9.79. The van der Waals surface area contributed by atoms with Gasteiger partial charge < -0.3 is 5.32 Å². The quantitative estimate of drug-likeness (QED) is 0.645. The number of terminal acetylenes is 1. The average Bonchev–Trinajstić information content (AvgIpc) is 2.15. The number of benzene rings is 1. The Bertz CT molecular complexity index is 344. The Hall–Kier alpha value is -0.850. The maximum atomic E-state index is 12.7. The Morgan fingerprint density at radius 3 is 2.93 bits per heavy atom. The van der Waals surface area contributed by atoms with Crippen LogP contribution in [0.15, 0.2) is 22.7 Å². The fourth-order valence-electron chi connectivity index (χ4n) is 1.05. The van der Waals surface area contributed by atoms with Crippen LogP contribution in [-0.2, 0) is 6.54 Å². The molecule has 0 amide bonds. The van der Waals surface area contributed by atoms with Crippen LogP contribution in [0.25, 0.3) is 0 Å². The van der Waals surface area contributed by atoms with E-state index in [4.69, 9.17) is 6.42 Å². The minimum atomic E-state index is -0.232. The van der Waals surface area contributed by atoms with E-state index in [1.165, 1.54) is 12.1 Å². The predicted octanol–water partition coefficient (Wildman–Crippen LogP) is 2.70. The highest BCUT2D eigenvalue weighted by atomic mass is 79.9. The van der Waals surface area contributed by atoms with Crippen LogP contribution in [0.1, 0.15) is 12.0 Å². The molecule has 3 heteroatoms. The summed E-state index contributed by atoms with van der Waals surface area (Å²) in [7, 11) is 0. The van der Waals surface area contributed by atoms with E-state index in [2.05, 4.69) is 27.2 Å². The van der Waals surface area contributed by atoms with Crippen LogP contribution in [0.5, 0.6) is 0 Å². The van der Waals surface area contributed by atoms with Crippen molar-refractivity contribution in [3.05, 3.63) is 34.1 Å². The maximum absolute atomic E-state index is 12.7. The van der Waals surface area contributed by atoms with Gasteiger partial charge in [-0.05, 0) is 17.7 Å². The second-order valence-corrected chi connectivity index (χ2v) is 3.72. The monoisotopic (exact) mass is 255 g/mol. The van der Waals surface area contributed by atoms with Crippen LogP contribution in [0.3, 0.4) is 0 Å². The van der Waals surface area contributed by atoms with Crippen LogP contribution < -0.4 is 5.32 Å². The van der Waals surface area contributed by atoms with Crippen molar-refractivity contribution in [1.29, 1.82) is 0 Å². The van der Waals surface area contributed by atoms with E-state index >= 15 is 0 Å². The molecule has 0 bridgehead atoms. The first-order valence-corrected chi connectivity index (χ1v) is 5.11. The lowest BCUT2D eigenvalue weighted by Gasteiger charge is -2.05. The van der Waals surface area contributed by atoms with Crippen LogP contribution in [0, 0.1) is 18.2 Å². The van der Waals surface area contributed by atoms with E-state index in [1.54, 1.807) is 6.07 Å². The van der Waals surface area contributed by atoms with Crippen LogP contribution >= 0.6 is 15.9 Å². The van der Waals surface area contributed by atoms with Gasteiger partial charge in [0.1, 0.15) is 5.82 Å². The molecule has 1 rings (SSSR count). The number of halogens is 2. The summed E-state index contributed by atoms with van der Waals surface area (Å²) in [5.41, 5.74) is 1.03. The molecule has 1 aromatic rings. The molecule has 0 aliphatic carbocycles. The Morgan fingerprint density at radius 1 is 1.50 bits per heavy atom. The number of nitrogens with one attached hydrogen (secondary N) is 1. The number of hydrogen-bond donors (Lipinski definition) is 1. The van der Waals surface area contributed by atoms with Crippen LogP contribution in [0.2, 0.25) is 0 Å². The summed E-state index contributed by atoms with van der Waals surface area (Å²) in [4.78, 5) is 0. The van der Waals surface area contributed by atoms with E-state index in [1.807, 2.05) is 0 Å². The molecular weight excluding hydrogens is 245 g/mol. The van der Waals surface area contributed by atoms with Crippen molar-refractivity contribution in [2.45, 2.75) is 13.0 Å².